The molecule has 0 amide bonds. The summed E-state index contributed by atoms with van der Waals surface area (Å²) in [7, 11) is 0. The van der Waals surface area contributed by atoms with Crippen LogP contribution in [0.1, 0.15) is 35.8 Å². The fourth-order valence-corrected chi connectivity index (χ4v) is 4.46. The van der Waals surface area contributed by atoms with E-state index in [2.05, 4.69) is 20.5 Å². The molecule has 3 aromatic rings. The van der Waals surface area contributed by atoms with E-state index in [1.807, 2.05) is 13.0 Å². The molecule has 4 rings (SSSR count). The molecule has 134 valence electrons. The number of thiophene rings is 1. The lowest BCUT2D eigenvalue weighted by molar-refractivity contribution is 0.337. The summed E-state index contributed by atoms with van der Waals surface area (Å²) in [5.41, 5.74) is 4.99. The van der Waals surface area contributed by atoms with Crippen LogP contribution in [-0.4, -0.2) is 27.9 Å². The molecule has 0 aliphatic heterocycles. The second-order valence-corrected chi connectivity index (χ2v) is 7.22. The van der Waals surface area contributed by atoms with E-state index in [0.717, 1.165) is 28.9 Å². The van der Waals surface area contributed by atoms with Gasteiger partial charge in [-0.15, -0.1) is 11.3 Å². The van der Waals surface area contributed by atoms with Gasteiger partial charge in [-0.2, -0.15) is 5.10 Å². The highest BCUT2D eigenvalue weighted by atomic mass is 32.1. The number of nitrogens with zero attached hydrogens (tertiary/aromatic N) is 3. The van der Waals surface area contributed by atoms with Gasteiger partial charge >= 0.3 is 0 Å². The molecule has 26 heavy (non-hydrogen) atoms. The highest BCUT2D eigenvalue weighted by Crippen LogP contribution is 2.38. The molecule has 2 N–H and O–H groups in total. The van der Waals surface area contributed by atoms with Gasteiger partial charge in [0.25, 0.3) is 0 Å². The molecule has 2 aromatic heterocycles. The molecule has 0 saturated carbocycles. The van der Waals surface area contributed by atoms with Gasteiger partial charge < -0.3 is 9.84 Å². The van der Waals surface area contributed by atoms with Crippen LogP contribution in [0.3, 0.4) is 0 Å². The molecule has 1 aliphatic rings. The Labute approximate surface area is 155 Å². The van der Waals surface area contributed by atoms with E-state index in [-0.39, 0.29) is 5.75 Å². The number of aryl methyl sites for hydroxylation is 2. The normalized spacial score (nSPS) is 13.9. The van der Waals surface area contributed by atoms with Gasteiger partial charge in [0.2, 0.25) is 0 Å². The largest absolute Gasteiger partial charge is 0.507 e. The SMILES string of the molecule is CCOc1ccc(C=NNc2ncnc3sc4c(c23)CCCC4)c(O)c1. The predicted molar refractivity (Wildman–Crippen MR) is 105 cm³/mol. The third-order valence-electron chi connectivity index (χ3n) is 4.44. The molecule has 0 fully saturated rings. The van der Waals surface area contributed by atoms with Crippen LogP contribution in [0.15, 0.2) is 29.6 Å². The van der Waals surface area contributed by atoms with E-state index < -0.39 is 0 Å². The predicted octanol–water partition coefficient (Wildman–Crippen LogP) is 4.12. The topological polar surface area (TPSA) is 79.6 Å². The second-order valence-electron chi connectivity index (χ2n) is 6.14. The van der Waals surface area contributed by atoms with Crippen molar-refractivity contribution in [1.29, 1.82) is 0 Å². The molecule has 6 nitrogen and oxygen atoms in total. The summed E-state index contributed by atoms with van der Waals surface area (Å²) < 4.78 is 5.37. The van der Waals surface area contributed by atoms with Crippen LogP contribution in [0.25, 0.3) is 10.2 Å². The minimum atomic E-state index is 0.127. The fourth-order valence-electron chi connectivity index (χ4n) is 3.23. The van der Waals surface area contributed by atoms with Crippen LogP contribution in [0.4, 0.5) is 5.82 Å². The Morgan fingerprint density at radius 3 is 3.04 bits per heavy atom. The minimum absolute atomic E-state index is 0.127. The number of hydrogen-bond donors (Lipinski definition) is 2. The zero-order chi connectivity index (χ0) is 17.9. The first-order chi connectivity index (χ1) is 12.8. The minimum Gasteiger partial charge on any atom is -0.507 e. The van der Waals surface area contributed by atoms with Gasteiger partial charge in [0, 0.05) is 16.5 Å². The Morgan fingerprint density at radius 1 is 1.31 bits per heavy atom. The Bertz CT molecular complexity index is 968. The monoisotopic (exact) mass is 368 g/mol. The zero-order valence-corrected chi connectivity index (χ0v) is 15.3. The van der Waals surface area contributed by atoms with Crippen molar-refractivity contribution in [2.75, 3.05) is 12.0 Å². The average molecular weight is 368 g/mol. The number of aromatic nitrogens is 2. The molecule has 0 spiro atoms. The summed E-state index contributed by atoms with van der Waals surface area (Å²) in [5.74, 6) is 1.48. The molecule has 0 bridgehead atoms. The van der Waals surface area contributed by atoms with Gasteiger partial charge in [-0.05, 0) is 50.3 Å². The highest BCUT2D eigenvalue weighted by Gasteiger charge is 2.19. The summed E-state index contributed by atoms with van der Waals surface area (Å²) in [4.78, 5) is 11.2. The number of phenols is 1. The van der Waals surface area contributed by atoms with Crippen molar-refractivity contribution in [3.8, 4) is 11.5 Å². The quantitative estimate of drug-likeness (QED) is 0.523. The third-order valence-corrected chi connectivity index (χ3v) is 5.64. The van der Waals surface area contributed by atoms with Gasteiger partial charge in [0.15, 0.2) is 5.82 Å². The van der Waals surface area contributed by atoms with Crippen LogP contribution in [0, 0.1) is 0 Å². The first-order valence-corrected chi connectivity index (χ1v) is 9.58. The maximum absolute atomic E-state index is 10.1. The number of phenolic OH excluding ortho intramolecular Hbond substituents is 1. The van der Waals surface area contributed by atoms with Crippen molar-refractivity contribution in [3.63, 3.8) is 0 Å². The van der Waals surface area contributed by atoms with Crippen molar-refractivity contribution in [2.45, 2.75) is 32.6 Å². The van der Waals surface area contributed by atoms with Crippen LogP contribution in [-0.2, 0) is 12.8 Å². The molecular weight excluding hydrogens is 348 g/mol. The molecule has 0 atom stereocenters. The van der Waals surface area contributed by atoms with Gasteiger partial charge in [-0.3, -0.25) is 5.43 Å². The maximum atomic E-state index is 10.1. The first-order valence-electron chi connectivity index (χ1n) is 8.76. The molecular formula is C19H20N4O2S. The Morgan fingerprint density at radius 2 is 2.19 bits per heavy atom. The van der Waals surface area contributed by atoms with E-state index in [1.54, 1.807) is 36.0 Å². The number of hydrogen-bond acceptors (Lipinski definition) is 7. The lowest BCUT2D eigenvalue weighted by atomic mass is 9.97. The Balaban J connectivity index is 1.58. The number of anilines is 1. The number of nitrogens with one attached hydrogen (secondary N) is 1. The summed E-state index contributed by atoms with van der Waals surface area (Å²) >= 11 is 1.76. The molecule has 0 radical (unpaired) electrons. The van der Waals surface area contributed by atoms with Crippen molar-refractivity contribution in [2.24, 2.45) is 5.10 Å². The van der Waals surface area contributed by atoms with Gasteiger partial charge in [-0.25, -0.2) is 9.97 Å². The number of rotatable bonds is 5. The maximum Gasteiger partial charge on any atom is 0.158 e. The van der Waals surface area contributed by atoms with Gasteiger partial charge in [-0.1, -0.05) is 0 Å². The lowest BCUT2D eigenvalue weighted by Crippen LogP contribution is -2.01. The first kappa shape index (κ1) is 16.8. The van der Waals surface area contributed by atoms with Crippen LogP contribution < -0.4 is 10.2 Å². The van der Waals surface area contributed by atoms with Crippen LogP contribution in [0.2, 0.25) is 0 Å². The molecule has 7 heteroatoms. The Hall–Kier alpha value is -2.67. The summed E-state index contributed by atoms with van der Waals surface area (Å²) in [6.07, 6.45) is 7.79. The van der Waals surface area contributed by atoms with E-state index in [1.165, 1.54) is 23.3 Å². The zero-order valence-electron chi connectivity index (χ0n) is 14.5. The molecule has 0 saturated heterocycles. The van der Waals surface area contributed by atoms with E-state index in [4.69, 9.17) is 4.74 Å². The number of aromatic hydroxyl groups is 1. The number of fused-ring (bicyclic) bond motifs is 3. The fraction of sp³-hybridized carbons (Fsp3) is 0.316. The third kappa shape index (κ3) is 3.22. The molecule has 2 heterocycles. The van der Waals surface area contributed by atoms with Crippen molar-refractivity contribution in [1.82, 2.24) is 9.97 Å². The van der Waals surface area contributed by atoms with E-state index >= 15 is 0 Å². The highest BCUT2D eigenvalue weighted by molar-refractivity contribution is 7.19. The van der Waals surface area contributed by atoms with Crippen LogP contribution in [0.5, 0.6) is 11.5 Å². The van der Waals surface area contributed by atoms with E-state index in [9.17, 15) is 5.11 Å². The number of ether oxygens (including phenoxy) is 1. The second kappa shape index (κ2) is 7.29. The number of hydrazone groups is 1. The summed E-state index contributed by atoms with van der Waals surface area (Å²) in [5, 5.41) is 15.4. The standard InChI is InChI=1S/C19H20N4O2S/c1-2-25-13-8-7-12(15(24)9-13)10-22-23-18-17-14-5-3-4-6-16(14)26-19(17)21-11-20-18/h7-11,24H,2-6H2,1H3,(H,20,21,23). The van der Waals surface area contributed by atoms with Crippen molar-refractivity contribution in [3.05, 3.63) is 40.5 Å². The number of benzene rings is 1. The average Bonchev–Trinajstić information content (AvgIpc) is 3.03. The van der Waals surface area contributed by atoms with Crippen molar-refractivity contribution >= 4 is 33.6 Å². The van der Waals surface area contributed by atoms with Crippen molar-refractivity contribution < 1.29 is 9.84 Å². The van der Waals surface area contributed by atoms with Gasteiger partial charge in [0.1, 0.15) is 22.7 Å². The molecule has 1 aromatic carbocycles. The van der Waals surface area contributed by atoms with E-state index in [0.29, 0.717) is 17.9 Å². The lowest BCUT2D eigenvalue weighted by Gasteiger charge is -2.11. The molecule has 0 unspecified atom stereocenters. The smallest absolute Gasteiger partial charge is 0.158 e. The van der Waals surface area contributed by atoms with Gasteiger partial charge in [0.05, 0.1) is 18.2 Å². The summed E-state index contributed by atoms with van der Waals surface area (Å²) in [6.45, 7) is 2.46. The Kier molecular flexibility index (Phi) is 4.71. The molecule has 1 aliphatic carbocycles. The van der Waals surface area contributed by atoms with Crippen LogP contribution >= 0.6 is 11.3 Å². The summed E-state index contributed by atoms with van der Waals surface area (Å²) in [6, 6.07) is 5.17.